The third-order valence-electron chi connectivity index (χ3n) is 3.79. The van der Waals surface area contributed by atoms with Gasteiger partial charge in [-0.2, -0.15) is 5.10 Å². The summed E-state index contributed by atoms with van der Waals surface area (Å²) in [5, 5.41) is 8.21. The van der Waals surface area contributed by atoms with Gasteiger partial charge >= 0.3 is 0 Å². The Labute approximate surface area is 144 Å². The lowest BCUT2D eigenvalue weighted by Crippen LogP contribution is -2.25. The van der Waals surface area contributed by atoms with E-state index in [9.17, 15) is 4.79 Å². The number of allylic oxidation sites excluding steroid dienone is 1. The van der Waals surface area contributed by atoms with Crippen LogP contribution in [0.5, 0.6) is 0 Å². The van der Waals surface area contributed by atoms with Gasteiger partial charge < -0.3 is 5.32 Å². The van der Waals surface area contributed by atoms with Gasteiger partial charge in [0.25, 0.3) is 5.56 Å². The molecule has 2 aromatic heterocycles. The molecule has 3 aromatic rings. The van der Waals surface area contributed by atoms with E-state index in [1.165, 1.54) is 0 Å². The van der Waals surface area contributed by atoms with Crippen LogP contribution in [0.25, 0.3) is 11.0 Å². The van der Waals surface area contributed by atoms with Crippen molar-refractivity contribution < 1.29 is 0 Å². The fourth-order valence-corrected chi connectivity index (χ4v) is 2.75. The first-order valence-electron chi connectivity index (χ1n) is 7.54. The Morgan fingerprint density at radius 2 is 2.04 bits per heavy atom. The predicted molar refractivity (Wildman–Crippen MR) is 96.5 cm³/mol. The summed E-state index contributed by atoms with van der Waals surface area (Å²) in [4.78, 5) is 17.4. The molecule has 24 heavy (non-hydrogen) atoms. The molecule has 1 aromatic carbocycles. The van der Waals surface area contributed by atoms with E-state index in [0.717, 1.165) is 11.3 Å². The largest absolute Gasteiger partial charge is 0.351 e. The van der Waals surface area contributed by atoms with E-state index in [2.05, 4.69) is 22.0 Å². The van der Waals surface area contributed by atoms with Crippen LogP contribution < -0.4 is 10.9 Å². The van der Waals surface area contributed by atoms with Crippen molar-refractivity contribution in [3.63, 3.8) is 0 Å². The lowest BCUT2D eigenvalue weighted by Gasteiger charge is -2.13. The Morgan fingerprint density at radius 1 is 1.33 bits per heavy atom. The number of aryl methyl sites for hydroxylation is 2. The molecule has 2 heterocycles. The lowest BCUT2D eigenvalue weighted by atomic mass is 10.2. The van der Waals surface area contributed by atoms with Gasteiger partial charge in [-0.25, -0.2) is 4.98 Å². The van der Waals surface area contributed by atoms with Crippen LogP contribution in [0.4, 0.5) is 5.95 Å². The molecule has 0 spiro atoms. The molecule has 124 valence electrons. The molecule has 0 bridgehead atoms. The van der Waals surface area contributed by atoms with Crippen LogP contribution in [-0.2, 0) is 20.1 Å². The van der Waals surface area contributed by atoms with Crippen LogP contribution in [-0.4, -0.2) is 19.3 Å². The molecule has 0 fully saturated rings. The first-order valence-corrected chi connectivity index (χ1v) is 7.92. The highest BCUT2D eigenvalue weighted by Gasteiger charge is 2.16. The van der Waals surface area contributed by atoms with Crippen molar-refractivity contribution >= 4 is 28.6 Å². The van der Waals surface area contributed by atoms with Crippen molar-refractivity contribution in [3.8, 4) is 0 Å². The number of nitrogens with zero attached hydrogens (tertiary/aromatic N) is 4. The van der Waals surface area contributed by atoms with Crippen molar-refractivity contribution in [1.82, 2.24) is 19.3 Å². The summed E-state index contributed by atoms with van der Waals surface area (Å²) in [5.41, 5.74) is 2.74. The Bertz CT molecular complexity index is 956. The number of rotatable bonds is 5. The van der Waals surface area contributed by atoms with Gasteiger partial charge in [0.05, 0.1) is 5.69 Å². The molecule has 7 heteroatoms. The Hall–Kier alpha value is -2.60. The number of aromatic nitrogens is 4. The smallest absolute Gasteiger partial charge is 0.281 e. The normalized spacial score (nSPS) is 11.0. The summed E-state index contributed by atoms with van der Waals surface area (Å²) in [6, 6.07) is 7.52. The molecule has 0 atom stereocenters. The summed E-state index contributed by atoms with van der Waals surface area (Å²) in [5.74, 6) is 0.499. The van der Waals surface area contributed by atoms with E-state index in [4.69, 9.17) is 11.6 Å². The second-order valence-corrected chi connectivity index (χ2v) is 5.96. The SMILES string of the molecule is C=CCn1c(NCc2ccc(Cl)cc2)nc2c(C)nn(C)c2c1=O. The molecule has 3 rings (SSSR count). The topological polar surface area (TPSA) is 64.7 Å². The fourth-order valence-electron chi connectivity index (χ4n) is 2.63. The number of hydrogen-bond donors (Lipinski definition) is 1. The average Bonchev–Trinajstić information content (AvgIpc) is 2.84. The maximum Gasteiger partial charge on any atom is 0.281 e. The van der Waals surface area contributed by atoms with Gasteiger partial charge in [0.1, 0.15) is 5.52 Å². The van der Waals surface area contributed by atoms with Crippen LogP contribution in [0.1, 0.15) is 11.3 Å². The number of halogens is 1. The Morgan fingerprint density at radius 3 is 2.71 bits per heavy atom. The fraction of sp³-hybridized carbons (Fsp3) is 0.235. The minimum absolute atomic E-state index is 0.137. The van der Waals surface area contributed by atoms with Crippen LogP contribution in [0.3, 0.4) is 0 Å². The molecular formula is C17H18ClN5O. The quantitative estimate of drug-likeness (QED) is 0.723. The molecular weight excluding hydrogens is 326 g/mol. The van der Waals surface area contributed by atoms with Crippen LogP contribution >= 0.6 is 11.6 Å². The molecule has 1 N–H and O–H groups in total. The van der Waals surface area contributed by atoms with E-state index in [1.54, 1.807) is 22.4 Å². The van der Waals surface area contributed by atoms with Crippen molar-refractivity contribution in [2.24, 2.45) is 7.05 Å². The summed E-state index contributed by atoms with van der Waals surface area (Å²) in [6.07, 6.45) is 1.67. The van der Waals surface area contributed by atoms with Crippen molar-refractivity contribution in [2.75, 3.05) is 5.32 Å². The standard InChI is InChI=1S/C17H18ClN5O/c1-4-9-23-16(24)15-14(11(2)21-22(15)3)20-17(23)19-10-12-5-7-13(18)8-6-12/h4-8H,1,9-10H2,2-3H3,(H,19,20). The predicted octanol–water partition coefficient (Wildman–Crippen LogP) is 2.89. The Balaban J connectivity index is 2.03. The van der Waals surface area contributed by atoms with E-state index in [0.29, 0.717) is 35.1 Å². The number of nitrogens with one attached hydrogen (secondary N) is 1. The number of benzene rings is 1. The van der Waals surface area contributed by atoms with Gasteiger partial charge in [0, 0.05) is 25.2 Å². The highest BCUT2D eigenvalue weighted by Crippen LogP contribution is 2.16. The van der Waals surface area contributed by atoms with Gasteiger partial charge in [0.15, 0.2) is 5.52 Å². The zero-order valence-corrected chi connectivity index (χ0v) is 14.3. The van der Waals surface area contributed by atoms with Gasteiger partial charge in [-0.15, -0.1) is 6.58 Å². The minimum Gasteiger partial charge on any atom is -0.351 e. The van der Waals surface area contributed by atoms with Crippen molar-refractivity contribution in [2.45, 2.75) is 20.0 Å². The Kier molecular flexibility index (Phi) is 4.40. The number of hydrogen-bond acceptors (Lipinski definition) is 4. The van der Waals surface area contributed by atoms with Crippen LogP contribution in [0, 0.1) is 6.92 Å². The molecule has 6 nitrogen and oxygen atoms in total. The summed E-state index contributed by atoms with van der Waals surface area (Å²) in [7, 11) is 1.75. The van der Waals surface area contributed by atoms with Gasteiger partial charge in [-0.05, 0) is 24.6 Å². The molecule has 0 amide bonds. The second-order valence-electron chi connectivity index (χ2n) is 5.53. The first-order chi connectivity index (χ1) is 11.5. The van der Waals surface area contributed by atoms with E-state index >= 15 is 0 Å². The molecule has 0 radical (unpaired) electrons. The average molecular weight is 344 g/mol. The zero-order chi connectivity index (χ0) is 17.3. The minimum atomic E-state index is -0.137. The van der Waals surface area contributed by atoms with Gasteiger partial charge in [-0.1, -0.05) is 29.8 Å². The summed E-state index contributed by atoms with van der Waals surface area (Å²) >= 11 is 5.90. The monoisotopic (exact) mass is 343 g/mol. The zero-order valence-electron chi connectivity index (χ0n) is 13.6. The molecule has 0 saturated carbocycles. The van der Waals surface area contributed by atoms with Crippen molar-refractivity contribution in [3.05, 3.63) is 63.6 Å². The van der Waals surface area contributed by atoms with Crippen molar-refractivity contribution in [1.29, 1.82) is 0 Å². The molecule has 0 aliphatic heterocycles. The molecule has 0 saturated heterocycles. The van der Waals surface area contributed by atoms with Gasteiger partial charge in [-0.3, -0.25) is 14.0 Å². The lowest BCUT2D eigenvalue weighted by molar-refractivity contribution is 0.742. The van der Waals surface area contributed by atoms with E-state index < -0.39 is 0 Å². The molecule has 0 aliphatic carbocycles. The first kappa shape index (κ1) is 16.3. The maximum atomic E-state index is 12.8. The summed E-state index contributed by atoms with van der Waals surface area (Å²) in [6.45, 7) is 6.47. The highest BCUT2D eigenvalue weighted by molar-refractivity contribution is 6.30. The third kappa shape index (κ3) is 2.92. The number of anilines is 1. The van der Waals surface area contributed by atoms with E-state index in [-0.39, 0.29) is 5.56 Å². The van der Waals surface area contributed by atoms with Gasteiger partial charge in [0.2, 0.25) is 5.95 Å². The molecule has 0 unspecified atom stereocenters. The number of fused-ring (bicyclic) bond motifs is 1. The molecule has 0 aliphatic rings. The van der Waals surface area contributed by atoms with Crippen LogP contribution in [0.15, 0.2) is 41.7 Å². The highest BCUT2D eigenvalue weighted by atomic mass is 35.5. The maximum absolute atomic E-state index is 12.8. The van der Waals surface area contributed by atoms with E-state index in [1.807, 2.05) is 31.2 Å². The third-order valence-corrected chi connectivity index (χ3v) is 4.04. The van der Waals surface area contributed by atoms with Crippen LogP contribution in [0.2, 0.25) is 5.02 Å². The summed E-state index contributed by atoms with van der Waals surface area (Å²) < 4.78 is 3.13. The second kappa shape index (κ2) is 6.49.